The van der Waals surface area contributed by atoms with Gasteiger partial charge in [0.15, 0.2) is 5.16 Å². The van der Waals surface area contributed by atoms with Gasteiger partial charge in [-0.3, -0.25) is 4.79 Å². The highest BCUT2D eigenvalue weighted by molar-refractivity contribution is 7.99. The molecule has 0 saturated heterocycles. The molecule has 7 nitrogen and oxygen atoms in total. The number of thioether (sulfide) groups is 1. The highest BCUT2D eigenvalue weighted by Crippen LogP contribution is 2.32. The molecule has 8 heteroatoms. The maximum atomic E-state index is 12.9. The topological polar surface area (TPSA) is 77.6 Å². The second-order valence-electron chi connectivity index (χ2n) is 9.44. The summed E-state index contributed by atoms with van der Waals surface area (Å²) in [6, 6.07) is 12.3. The van der Waals surface area contributed by atoms with E-state index in [0.717, 1.165) is 35.2 Å². The van der Waals surface area contributed by atoms with E-state index in [1.165, 1.54) is 31.0 Å². The molecule has 32 heavy (non-hydrogen) atoms. The van der Waals surface area contributed by atoms with Crippen molar-refractivity contribution in [1.82, 2.24) is 24.5 Å². The molecule has 4 rings (SSSR count). The van der Waals surface area contributed by atoms with E-state index >= 15 is 0 Å². The summed E-state index contributed by atoms with van der Waals surface area (Å²) in [5.41, 5.74) is 1.72. The number of anilines is 1. The minimum Gasteiger partial charge on any atom is -0.310 e. The van der Waals surface area contributed by atoms with Gasteiger partial charge in [0, 0.05) is 17.5 Å². The van der Waals surface area contributed by atoms with Gasteiger partial charge in [0.1, 0.15) is 11.6 Å². The van der Waals surface area contributed by atoms with Crippen LogP contribution in [0.25, 0.3) is 5.69 Å². The molecule has 3 aromatic rings. The van der Waals surface area contributed by atoms with Crippen molar-refractivity contribution in [3.63, 3.8) is 0 Å². The van der Waals surface area contributed by atoms with Crippen LogP contribution >= 0.6 is 11.8 Å². The number of hydrogen-bond donors (Lipinski definition) is 1. The molecular weight excluding hydrogens is 420 g/mol. The molecule has 1 N–H and O–H groups in total. The van der Waals surface area contributed by atoms with Crippen LogP contribution in [0.1, 0.15) is 70.4 Å². The number of aryl methyl sites for hydroxylation is 1. The van der Waals surface area contributed by atoms with Gasteiger partial charge in [-0.25, -0.2) is 4.68 Å². The normalized spacial score (nSPS) is 15.1. The van der Waals surface area contributed by atoms with Gasteiger partial charge in [0.25, 0.3) is 0 Å². The predicted octanol–water partition coefficient (Wildman–Crippen LogP) is 5.31. The number of carbonyl (C=O) groups is 1. The zero-order valence-corrected chi connectivity index (χ0v) is 20.2. The SMILES string of the molecule is Cc1nnc(SCC(=O)Nc2cc(C(C)(C)C)nn2-c2ccccc2)n1C1CCCCC1. The highest BCUT2D eigenvalue weighted by atomic mass is 32.2. The standard InChI is InChI=1S/C24H32N6OS/c1-17-26-27-23(29(17)18-11-7-5-8-12-18)32-16-22(31)25-21-15-20(24(2,3)4)28-30(21)19-13-9-6-10-14-19/h6,9-10,13-15,18H,5,7-8,11-12,16H2,1-4H3,(H,25,31). The van der Waals surface area contributed by atoms with Crippen molar-refractivity contribution in [2.45, 2.75) is 76.4 Å². The van der Waals surface area contributed by atoms with Crippen molar-refractivity contribution < 1.29 is 4.79 Å². The summed E-state index contributed by atoms with van der Waals surface area (Å²) < 4.78 is 4.03. The van der Waals surface area contributed by atoms with Gasteiger partial charge < -0.3 is 9.88 Å². The molecule has 0 bridgehead atoms. The fourth-order valence-electron chi connectivity index (χ4n) is 4.12. The monoisotopic (exact) mass is 452 g/mol. The molecule has 1 amide bonds. The van der Waals surface area contributed by atoms with Crippen LogP contribution in [-0.4, -0.2) is 36.2 Å². The largest absolute Gasteiger partial charge is 0.310 e. The van der Waals surface area contributed by atoms with Crippen LogP contribution in [0.4, 0.5) is 5.82 Å². The minimum atomic E-state index is -0.123. The molecule has 2 heterocycles. The smallest absolute Gasteiger partial charge is 0.236 e. The second kappa shape index (κ2) is 9.48. The number of hydrogen-bond acceptors (Lipinski definition) is 5. The van der Waals surface area contributed by atoms with Crippen molar-refractivity contribution in [2.24, 2.45) is 0 Å². The lowest BCUT2D eigenvalue weighted by Gasteiger charge is -2.24. The Morgan fingerprint density at radius 1 is 1.12 bits per heavy atom. The number of nitrogens with one attached hydrogen (secondary N) is 1. The summed E-state index contributed by atoms with van der Waals surface area (Å²) in [6.45, 7) is 8.35. The molecular formula is C24H32N6OS. The van der Waals surface area contributed by atoms with Crippen LogP contribution in [0.3, 0.4) is 0 Å². The lowest BCUT2D eigenvalue weighted by molar-refractivity contribution is -0.113. The molecule has 2 aromatic heterocycles. The Balaban J connectivity index is 1.49. The summed E-state index contributed by atoms with van der Waals surface area (Å²) >= 11 is 1.45. The van der Waals surface area contributed by atoms with E-state index < -0.39 is 0 Å². The van der Waals surface area contributed by atoms with Crippen LogP contribution in [-0.2, 0) is 10.2 Å². The first kappa shape index (κ1) is 22.6. The molecule has 1 aliphatic carbocycles. The third-order valence-electron chi connectivity index (χ3n) is 5.85. The summed E-state index contributed by atoms with van der Waals surface area (Å²) in [7, 11) is 0. The van der Waals surface area contributed by atoms with E-state index in [4.69, 9.17) is 5.10 Å². The third-order valence-corrected chi connectivity index (χ3v) is 6.80. The number of rotatable bonds is 6. The quantitative estimate of drug-likeness (QED) is 0.513. The molecule has 0 radical (unpaired) electrons. The Bertz CT molecular complexity index is 1060. The average Bonchev–Trinajstić information content (AvgIpc) is 3.37. The van der Waals surface area contributed by atoms with E-state index in [0.29, 0.717) is 11.9 Å². The minimum absolute atomic E-state index is 0.0802. The molecule has 1 saturated carbocycles. The highest BCUT2D eigenvalue weighted by Gasteiger charge is 2.23. The van der Waals surface area contributed by atoms with Gasteiger partial charge >= 0.3 is 0 Å². The third kappa shape index (κ3) is 5.06. The molecule has 1 aliphatic rings. The van der Waals surface area contributed by atoms with Gasteiger partial charge in [0.05, 0.1) is 17.1 Å². The molecule has 1 fully saturated rings. The molecule has 0 unspecified atom stereocenters. The molecule has 0 atom stereocenters. The number of carbonyl (C=O) groups excluding carboxylic acids is 1. The summed E-state index contributed by atoms with van der Waals surface area (Å²) in [4.78, 5) is 12.9. The lowest BCUT2D eigenvalue weighted by atomic mass is 9.92. The van der Waals surface area contributed by atoms with Crippen LogP contribution in [0.15, 0.2) is 41.6 Å². The number of nitrogens with zero attached hydrogens (tertiary/aromatic N) is 5. The Kier molecular flexibility index (Phi) is 6.69. The van der Waals surface area contributed by atoms with Crippen LogP contribution in [0, 0.1) is 6.92 Å². The Hall–Kier alpha value is -2.61. The van der Waals surface area contributed by atoms with E-state index in [1.807, 2.05) is 43.3 Å². The fraction of sp³-hybridized carbons (Fsp3) is 0.500. The number of amides is 1. The van der Waals surface area contributed by atoms with Crippen molar-refractivity contribution >= 4 is 23.5 Å². The van der Waals surface area contributed by atoms with Gasteiger partial charge in [-0.15, -0.1) is 10.2 Å². The average molecular weight is 453 g/mol. The van der Waals surface area contributed by atoms with Crippen LogP contribution in [0.5, 0.6) is 0 Å². The van der Waals surface area contributed by atoms with E-state index in [1.54, 1.807) is 4.68 Å². The van der Waals surface area contributed by atoms with Gasteiger partial charge in [-0.05, 0) is 31.9 Å². The second-order valence-corrected chi connectivity index (χ2v) is 10.4. The first-order valence-corrected chi connectivity index (χ1v) is 12.3. The number of para-hydroxylation sites is 1. The zero-order chi connectivity index (χ0) is 22.7. The van der Waals surface area contributed by atoms with Gasteiger partial charge in [-0.2, -0.15) is 5.10 Å². The van der Waals surface area contributed by atoms with Crippen molar-refractivity contribution in [1.29, 1.82) is 0 Å². The van der Waals surface area contributed by atoms with Crippen molar-refractivity contribution in [3.05, 3.63) is 47.9 Å². The lowest BCUT2D eigenvalue weighted by Crippen LogP contribution is -2.18. The van der Waals surface area contributed by atoms with E-state index in [-0.39, 0.29) is 17.1 Å². The summed E-state index contributed by atoms with van der Waals surface area (Å²) in [5.74, 6) is 1.80. The Morgan fingerprint density at radius 2 is 1.84 bits per heavy atom. The molecule has 1 aromatic carbocycles. The molecule has 170 valence electrons. The first-order valence-electron chi connectivity index (χ1n) is 11.3. The predicted molar refractivity (Wildman–Crippen MR) is 128 cm³/mol. The fourth-order valence-corrected chi connectivity index (χ4v) is 4.97. The Morgan fingerprint density at radius 3 is 2.53 bits per heavy atom. The Labute approximate surface area is 194 Å². The van der Waals surface area contributed by atoms with E-state index in [2.05, 4.69) is 40.9 Å². The van der Waals surface area contributed by atoms with Crippen LogP contribution < -0.4 is 5.32 Å². The van der Waals surface area contributed by atoms with Crippen molar-refractivity contribution in [2.75, 3.05) is 11.1 Å². The first-order chi connectivity index (χ1) is 15.3. The summed E-state index contributed by atoms with van der Waals surface area (Å²) in [5, 5.41) is 17.3. The molecule has 0 spiro atoms. The van der Waals surface area contributed by atoms with Gasteiger partial charge in [0.2, 0.25) is 5.91 Å². The van der Waals surface area contributed by atoms with Gasteiger partial charge in [-0.1, -0.05) is 70.0 Å². The maximum Gasteiger partial charge on any atom is 0.236 e. The number of aromatic nitrogens is 5. The zero-order valence-electron chi connectivity index (χ0n) is 19.3. The number of benzene rings is 1. The summed E-state index contributed by atoms with van der Waals surface area (Å²) in [6.07, 6.45) is 6.10. The maximum absolute atomic E-state index is 12.9. The van der Waals surface area contributed by atoms with Crippen molar-refractivity contribution in [3.8, 4) is 5.69 Å². The molecule has 0 aliphatic heterocycles. The van der Waals surface area contributed by atoms with E-state index in [9.17, 15) is 4.79 Å². The van der Waals surface area contributed by atoms with Crippen LogP contribution in [0.2, 0.25) is 0 Å².